The van der Waals surface area contributed by atoms with Crippen LogP contribution < -0.4 is 0 Å². The second-order valence-corrected chi connectivity index (χ2v) is 7.57. The van der Waals surface area contributed by atoms with Gasteiger partial charge in [0, 0.05) is 35.2 Å². The van der Waals surface area contributed by atoms with Gasteiger partial charge in [0.2, 0.25) is 5.89 Å². The SMILES string of the molecule is CC(C)(C)c1noc(C[S@@](=O)CC2CCOCC2)n1. The molecule has 0 unspecified atom stereocenters. The normalized spacial score (nSPS) is 19.5. The van der Waals surface area contributed by atoms with Crippen molar-refractivity contribution in [2.75, 3.05) is 19.0 Å². The van der Waals surface area contributed by atoms with Gasteiger partial charge < -0.3 is 9.26 Å². The molecule has 0 N–H and O–H groups in total. The number of aromatic nitrogens is 2. The van der Waals surface area contributed by atoms with E-state index in [1.54, 1.807) is 0 Å². The van der Waals surface area contributed by atoms with Crippen LogP contribution >= 0.6 is 0 Å². The van der Waals surface area contributed by atoms with Crippen LogP contribution in [0.4, 0.5) is 0 Å². The molecule has 1 aromatic rings. The Balaban J connectivity index is 1.86. The summed E-state index contributed by atoms with van der Waals surface area (Å²) in [7, 11) is -0.934. The molecule has 1 aromatic heterocycles. The van der Waals surface area contributed by atoms with Crippen LogP contribution in [0.3, 0.4) is 0 Å². The van der Waals surface area contributed by atoms with Gasteiger partial charge in [-0.25, -0.2) is 0 Å². The van der Waals surface area contributed by atoms with Crippen molar-refractivity contribution in [3.05, 3.63) is 11.7 Å². The van der Waals surface area contributed by atoms with E-state index >= 15 is 0 Å². The van der Waals surface area contributed by atoms with Crippen LogP contribution in [0.25, 0.3) is 0 Å². The maximum Gasteiger partial charge on any atom is 0.239 e. The lowest BCUT2D eigenvalue weighted by Gasteiger charge is -2.20. The zero-order chi connectivity index (χ0) is 13.9. The Morgan fingerprint density at radius 2 is 2.00 bits per heavy atom. The Kier molecular flexibility index (Phi) is 4.73. The van der Waals surface area contributed by atoms with E-state index in [1.165, 1.54) is 0 Å². The summed E-state index contributed by atoms with van der Waals surface area (Å²) in [6.07, 6.45) is 2.01. The smallest absolute Gasteiger partial charge is 0.239 e. The Morgan fingerprint density at radius 3 is 2.58 bits per heavy atom. The lowest BCUT2D eigenvalue weighted by atomic mass is 9.96. The van der Waals surface area contributed by atoms with Crippen molar-refractivity contribution in [3.63, 3.8) is 0 Å². The van der Waals surface area contributed by atoms with Gasteiger partial charge in [0.25, 0.3) is 0 Å². The molecular formula is C13H22N2O3S. The van der Waals surface area contributed by atoms with Gasteiger partial charge in [0.15, 0.2) is 5.82 Å². The summed E-state index contributed by atoms with van der Waals surface area (Å²) in [5.41, 5.74) is -0.135. The highest BCUT2D eigenvalue weighted by atomic mass is 32.2. The number of hydrogen-bond acceptors (Lipinski definition) is 5. The third-order valence-corrected chi connectivity index (χ3v) is 4.60. The van der Waals surface area contributed by atoms with E-state index in [-0.39, 0.29) is 5.41 Å². The van der Waals surface area contributed by atoms with Crippen LogP contribution in [0.15, 0.2) is 4.52 Å². The molecule has 1 aliphatic rings. The fourth-order valence-electron chi connectivity index (χ4n) is 1.99. The largest absolute Gasteiger partial charge is 0.381 e. The summed E-state index contributed by atoms with van der Waals surface area (Å²) in [6, 6.07) is 0. The summed E-state index contributed by atoms with van der Waals surface area (Å²) >= 11 is 0. The summed E-state index contributed by atoms with van der Waals surface area (Å²) in [6.45, 7) is 7.66. The van der Waals surface area contributed by atoms with Crippen molar-refractivity contribution in [2.24, 2.45) is 5.92 Å². The van der Waals surface area contributed by atoms with Crippen molar-refractivity contribution in [2.45, 2.75) is 44.8 Å². The summed E-state index contributed by atoms with van der Waals surface area (Å²) in [5.74, 6) is 2.72. The van der Waals surface area contributed by atoms with Crippen LogP contribution in [-0.2, 0) is 26.7 Å². The zero-order valence-corrected chi connectivity index (χ0v) is 12.7. The molecule has 5 nitrogen and oxygen atoms in total. The molecule has 19 heavy (non-hydrogen) atoms. The minimum atomic E-state index is -0.934. The minimum Gasteiger partial charge on any atom is -0.381 e. The molecule has 2 heterocycles. The first kappa shape index (κ1) is 14.7. The van der Waals surface area contributed by atoms with Gasteiger partial charge >= 0.3 is 0 Å². The molecule has 1 atom stereocenters. The second kappa shape index (κ2) is 6.13. The van der Waals surface area contributed by atoms with Gasteiger partial charge in [0.1, 0.15) is 5.75 Å². The molecule has 1 saturated heterocycles. The molecule has 0 aromatic carbocycles. The van der Waals surface area contributed by atoms with Gasteiger partial charge in [-0.3, -0.25) is 4.21 Å². The predicted molar refractivity (Wildman–Crippen MR) is 73.3 cm³/mol. The van der Waals surface area contributed by atoms with Crippen LogP contribution in [0.1, 0.15) is 45.3 Å². The molecule has 0 radical (unpaired) electrons. The summed E-state index contributed by atoms with van der Waals surface area (Å²) in [5, 5.41) is 3.95. The third kappa shape index (κ3) is 4.38. The Labute approximate surface area is 116 Å². The van der Waals surface area contributed by atoms with Crippen molar-refractivity contribution in [1.82, 2.24) is 10.1 Å². The van der Waals surface area contributed by atoms with Crippen molar-refractivity contribution in [1.29, 1.82) is 0 Å². The molecular weight excluding hydrogens is 264 g/mol. The standard InChI is InChI=1S/C13H22N2O3S/c1-13(2,3)12-14-11(18-15-12)9-19(16)8-10-4-6-17-7-5-10/h10H,4-9H2,1-3H3/t19-/m0/s1. The van der Waals surface area contributed by atoms with Crippen molar-refractivity contribution >= 4 is 10.8 Å². The minimum absolute atomic E-state index is 0.135. The maximum absolute atomic E-state index is 12.1. The van der Waals surface area contributed by atoms with Crippen LogP contribution in [0.5, 0.6) is 0 Å². The summed E-state index contributed by atoms with van der Waals surface area (Å²) < 4.78 is 22.6. The van der Waals surface area contributed by atoms with E-state index in [4.69, 9.17) is 9.26 Å². The highest BCUT2D eigenvalue weighted by Gasteiger charge is 2.22. The number of rotatable bonds is 4. The van der Waals surface area contributed by atoms with Gasteiger partial charge in [-0.2, -0.15) is 4.98 Å². The summed E-state index contributed by atoms with van der Waals surface area (Å²) in [4.78, 5) is 4.32. The average Bonchev–Trinajstić information content (AvgIpc) is 2.78. The first-order valence-electron chi connectivity index (χ1n) is 6.71. The molecule has 0 spiro atoms. The first-order valence-corrected chi connectivity index (χ1v) is 8.20. The zero-order valence-electron chi connectivity index (χ0n) is 11.8. The molecule has 0 saturated carbocycles. The van der Waals surface area contributed by atoms with Crippen LogP contribution in [0, 0.1) is 5.92 Å². The number of ether oxygens (including phenoxy) is 1. The molecule has 0 bridgehead atoms. The molecule has 6 heteroatoms. The monoisotopic (exact) mass is 286 g/mol. The van der Waals surface area contributed by atoms with Gasteiger partial charge in [-0.15, -0.1) is 0 Å². The van der Waals surface area contributed by atoms with Crippen LogP contribution in [0.2, 0.25) is 0 Å². The van der Waals surface area contributed by atoms with E-state index in [9.17, 15) is 4.21 Å². The second-order valence-electron chi connectivity index (χ2n) is 6.07. The predicted octanol–water partition coefficient (Wildman–Crippen LogP) is 2.04. The molecule has 0 aliphatic carbocycles. The van der Waals surface area contributed by atoms with Crippen LogP contribution in [-0.4, -0.2) is 33.3 Å². The maximum atomic E-state index is 12.1. The highest BCUT2D eigenvalue weighted by molar-refractivity contribution is 7.84. The average molecular weight is 286 g/mol. The lowest BCUT2D eigenvalue weighted by Crippen LogP contribution is -2.21. The number of nitrogens with zero attached hydrogens (tertiary/aromatic N) is 2. The van der Waals surface area contributed by atoms with E-state index in [1.807, 2.05) is 20.8 Å². The Bertz CT molecular complexity index is 433. The molecule has 2 rings (SSSR count). The fourth-order valence-corrected chi connectivity index (χ4v) is 3.36. The van der Waals surface area contributed by atoms with E-state index < -0.39 is 10.8 Å². The van der Waals surface area contributed by atoms with E-state index in [0.29, 0.717) is 29.1 Å². The number of hydrogen-bond donors (Lipinski definition) is 0. The Morgan fingerprint density at radius 1 is 1.32 bits per heavy atom. The molecule has 1 fully saturated rings. The Hall–Kier alpha value is -0.750. The topological polar surface area (TPSA) is 65.2 Å². The quantitative estimate of drug-likeness (QED) is 0.847. The van der Waals surface area contributed by atoms with Crippen molar-refractivity contribution < 1.29 is 13.5 Å². The van der Waals surface area contributed by atoms with Gasteiger partial charge in [-0.05, 0) is 18.8 Å². The fraction of sp³-hybridized carbons (Fsp3) is 0.846. The highest BCUT2D eigenvalue weighted by Crippen LogP contribution is 2.20. The molecule has 0 amide bonds. The molecule has 1 aliphatic heterocycles. The van der Waals surface area contributed by atoms with E-state index in [0.717, 1.165) is 26.1 Å². The molecule has 108 valence electrons. The first-order chi connectivity index (χ1) is 8.95. The third-order valence-electron chi connectivity index (χ3n) is 3.19. The van der Waals surface area contributed by atoms with Crippen molar-refractivity contribution in [3.8, 4) is 0 Å². The van der Waals surface area contributed by atoms with E-state index in [2.05, 4.69) is 10.1 Å². The lowest BCUT2D eigenvalue weighted by molar-refractivity contribution is 0.0725. The van der Waals surface area contributed by atoms with Gasteiger partial charge in [0.05, 0.1) is 0 Å². The van der Waals surface area contributed by atoms with Gasteiger partial charge in [-0.1, -0.05) is 25.9 Å².